The van der Waals surface area contributed by atoms with Crippen LogP contribution in [0.5, 0.6) is 0 Å². The zero-order chi connectivity index (χ0) is 14.4. The van der Waals surface area contributed by atoms with Gasteiger partial charge < -0.3 is 0 Å². The van der Waals surface area contributed by atoms with Crippen molar-refractivity contribution < 1.29 is 22.2 Å². The fourth-order valence-corrected chi connectivity index (χ4v) is 5.33. The fraction of sp³-hybridized carbons (Fsp3) is 0.500. The summed E-state index contributed by atoms with van der Waals surface area (Å²) in [5, 5.41) is -0.0756. The monoisotopic (exact) mass is 302 g/mol. The van der Waals surface area contributed by atoms with Crippen LogP contribution in [0.25, 0.3) is 0 Å². The van der Waals surface area contributed by atoms with Gasteiger partial charge in [-0.05, 0) is 31.7 Å². The quantitative estimate of drug-likeness (QED) is 0.622. The maximum atomic E-state index is 13.7. The van der Waals surface area contributed by atoms with Gasteiger partial charge in [-0.15, -0.1) is 0 Å². The summed E-state index contributed by atoms with van der Waals surface area (Å²) < 4.78 is 51.9. The van der Waals surface area contributed by atoms with Crippen molar-refractivity contribution in [3.8, 4) is 0 Å². The van der Waals surface area contributed by atoms with Crippen LogP contribution in [0.3, 0.4) is 0 Å². The molecule has 2 fully saturated rings. The highest BCUT2D eigenvalue weighted by atomic mass is 32.2. The third-order valence-corrected chi connectivity index (χ3v) is 6.36. The van der Waals surface area contributed by atoms with Crippen molar-refractivity contribution in [2.75, 3.05) is 0 Å². The predicted molar refractivity (Wildman–Crippen MR) is 68.3 cm³/mol. The zero-order valence-corrected chi connectivity index (χ0v) is 11.4. The van der Waals surface area contributed by atoms with E-state index in [1.165, 1.54) is 0 Å². The van der Waals surface area contributed by atoms with E-state index in [1.807, 2.05) is 0 Å². The average Bonchev–Trinajstić information content (AvgIpc) is 2.65. The number of fused-ring (bicyclic) bond motifs is 2. The van der Waals surface area contributed by atoms with Crippen molar-refractivity contribution in [3.05, 3.63) is 35.1 Å². The van der Waals surface area contributed by atoms with E-state index in [9.17, 15) is 22.2 Å². The summed E-state index contributed by atoms with van der Waals surface area (Å²) >= 11 is 0. The number of Topliss-reactive ketones (excluding diaryl/α,β-unsaturated/α-hetero) is 1. The molecule has 2 saturated heterocycles. The lowest BCUT2D eigenvalue weighted by Crippen LogP contribution is -2.32. The molecule has 2 atom stereocenters. The highest BCUT2D eigenvalue weighted by molar-refractivity contribution is 7.86. The van der Waals surface area contributed by atoms with Crippen LogP contribution in [0.4, 0.5) is 13.2 Å². The predicted octanol–water partition coefficient (Wildman–Crippen LogP) is 2.98. The molecule has 2 nitrogen and oxygen atoms in total. The molecule has 0 spiro atoms. The number of benzene rings is 1. The molecule has 0 aromatic heterocycles. The van der Waals surface area contributed by atoms with Gasteiger partial charge in [0.05, 0.1) is 5.56 Å². The molecule has 2 bridgehead atoms. The van der Waals surface area contributed by atoms with Gasteiger partial charge in [0, 0.05) is 33.3 Å². The molecule has 2 unspecified atom stereocenters. The topological polar surface area (TPSA) is 34.1 Å². The van der Waals surface area contributed by atoms with Crippen LogP contribution in [-0.4, -0.2) is 20.5 Å². The standard InChI is InChI=1S/C14H13F3O2S/c15-8-5-11(13(17)12(16)6-8)14(18)7-3-9-1-2-10(4-7)20(9)19/h5-7,9-10H,1-4H2. The number of hydrogen-bond donors (Lipinski definition) is 0. The molecule has 1 aromatic carbocycles. The molecule has 0 saturated carbocycles. The van der Waals surface area contributed by atoms with E-state index in [0.717, 1.165) is 18.9 Å². The van der Waals surface area contributed by atoms with E-state index in [4.69, 9.17) is 0 Å². The average molecular weight is 302 g/mol. The minimum Gasteiger partial charge on any atom is -0.294 e. The highest BCUT2D eigenvalue weighted by Gasteiger charge is 2.43. The van der Waals surface area contributed by atoms with Gasteiger partial charge in [0.25, 0.3) is 0 Å². The lowest BCUT2D eigenvalue weighted by molar-refractivity contribution is 0.0900. The van der Waals surface area contributed by atoms with Crippen LogP contribution >= 0.6 is 0 Å². The van der Waals surface area contributed by atoms with Gasteiger partial charge in [0.2, 0.25) is 0 Å². The van der Waals surface area contributed by atoms with Crippen LogP contribution in [0.2, 0.25) is 0 Å². The second kappa shape index (κ2) is 4.98. The summed E-state index contributed by atoms with van der Waals surface area (Å²) in [6.07, 6.45) is 2.45. The lowest BCUT2D eigenvalue weighted by Gasteiger charge is -2.26. The van der Waals surface area contributed by atoms with Crippen molar-refractivity contribution in [2.24, 2.45) is 5.92 Å². The second-order valence-corrected chi connectivity index (χ2v) is 7.42. The molecular weight excluding hydrogens is 289 g/mol. The molecule has 0 aliphatic carbocycles. The summed E-state index contributed by atoms with van der Waals surface area (Å²) in [7, 11) is -0.920. The Kier molecular flexibility index (Phi) is 3.44. The summed E-state index contributed by atoms with van der Waals surface area (Å²) in [5.74, 6) is -4.67. The van der Waals surface area contributed by atoms with Gasteiger partial charge in [-0.1, -0.05) is 0 Å². The van der Waals surface area contributed by atoms with E-state index in [1.54, 1.807) is 0 Å². The normalized spacial score (nSPS) is 32.4. The van der Waals surface area contributed by atoms with Crippen molar-refractivity contribution in [2.45, 2.75) is 36.2 Å². The molecule has 2 aliphatic rings. The Balaban J connectivity index is 1.89. The Labute approximate surface area is 116 Å². The van der Waals surface area contributed by atoms with Crippen LogP contribution in [-0.2, 0) is 10.8 Å². The largest absolute Gasteiger partial charge is 0.294 e. The third kappa shape index (κ3) is 2.20. The van der Waals surface area contributed by atoms with Gasteiger partial charge in [0.15, 0.2) is 17.4 Å². The van der Waals surface area contributed by atoms with E-state index < -0.39 is 45.5 Å². The molecule has 108 valence electrons. The summed E-state index contributed by atoms with van der Waals surface area (Å²) in [4.78, 5) is 12.3. The Bertz CT molecular complexity index is 586. The number of hydrogen-bond acceptors (Lipinski definition) is 2. The molecule has 20 heavy (non-hydrogen) atoms. The van der Waals surface area contributed by atoms with Crippen molar-refractivity contribution >= 4 is 16.6 Å². The van der Waals surface area contributed by atoms with Crippen LogP contribution in [0.1, 0.15) is 36.0 Å². The molecule has 1 aromatic rings. The van der Waals surface area contributed by atoms with Crippen LogP contribution in [0, 0.1) is 23.4 Å². The summed E-state index contributed by atoms with van der Waals surface area (Å²) in [6, 6.07) is 1.17. The molecular formula is C14H13F3O2S. The number of rotatable bonds is 2. The molecule has 2 heterocycles. The van der Waals surface area contributed by atoms with Gasteiger partial charge in [-0.2, -0.15) is 0 Å². The highest BCUT2D eigenvalue weighted by Crippen LogP contribution is 2.40. The Hall–Kier alpha value is -1.17. The fourth-order valence-electron chi connectivity index (χ4n) is 3.20. The minimum atomic E-state index is -1.35. The maximum Gasteiger partial charge on any atom is 0.169 e. The van der Waals surface area contributed by atoms with Crippen LogP contribution in [0.15, 0.2) is 12.1 Å². The first kappa shape index (κ1) is 13.8. The van der Waals surface area contributed by atoms with E-state index in [2.05, 4.69) is 0 Å². The van der Waals surface area contributed by atoms with E-state index in [-0.39, 0.29) is 10.5 Å². The minimum absolute atomic E-state index is 0.0378. The van der Waals surface area contributed by atoms with E-state index in [0.29, 0.717) is 18.9 Å². The second-order valence-electron chi connectivity index (χ2n) is 5.43. The van der Waals surface area contributed by atoms with E-state index >= 15 is 0 Å². The van der Waals surface area contributed by atoms with Crippen molar-refractivity contribution in [3.63, 3.8) is 0 Å². The number of carbonyl (C=O) groups is 1. The molecule has 0 amide bonds. The molecule has 2 aliphatic heterocycles. The first-order valence-corrected chi connectivity index (χ1v) is 7.83. The Morgan fingerprint density at radius 3 is 2.30 bits per heavy atom. The zero-order valence-electron chi connectivity index (χ0n) is 10.6. The first-order valence-electron chi connectivity index (χ1n) is 6.55. The molecule has 0 N–H and O–H groups in total. The molecule has 0 radical (unpaired) electrons. The Morgan fingerprint density at radius 1 is 1.10 bits per heavy atom. The van der Waals surface area contributed by atoms with Gasteiger partial charge in [-0.25, -0.2) is 13.2 Å². The third-order valence-electron chi connectivity index (χ3n) is 4.19. The number of carbonyl (C=O) groups excluding carboxylic acids is 1. The van der Waals surface area contributed by atoms with Gasteiger partial charge in [0.1, 0.15) is 5.82 Å². The lowest BCUT2D eigenvalue weighted by atomic mass is 9.90. The van der Waals surface area contributed by atoms with Gasteiger partial charge in [-0.3, -0.25) is 9.00 Å². The van der Waals surface area contributed by atoms with Crippen LogP contribution < -0.4 is 0 Å². The summed E-state index contributed by atoms with van der Waals surface area (Å²) in [6.45, 7) is 0. The maximum absolute atomic E-state index is 13.7. The first-order chi connectivity index (χ1) is 9.47. The molecule has 3 rings (SSSR count). The number of halogens is 3. The SMILES string of the molecule is O=C(c1cc(F)cc(F)c1F)C1CC2CCC(C1)S2=O. The van der Waals surface area contributed by atoms with Gasteiger partial charge >= 0.3 is 0 Å². The number of ketones is 1. The smallest absolute Gasteiger partial charge is 0.169 e. The van der Waals surface area contributed by atoms with Crippen molar-refractivity contribution in [1.82, 2.24) is 0 Å². The molecule has 6 heteroatoms. The Morgan fingerprint density at radius 2 is 1.70 bits per heavy atom. The van der Waals surface area contributed by atoms with Crippen molar-refractivity contribution in [1.29, 1.82) is 0 Å². The summed E-state index contributed by atoms with van der Waals surface area (Å²) in [5.41, 5.74) is -0.528.